The lowest BCUT2D eigenvalue weighted by molar-refractivity contribution is 0.219. The van der Waals surface area contributed by atoms with Gasteiger partial charge in [0, 0.05) is 21.6 Å². The zero-order chi connectivity index (χ0) is 22.9. The molecule has 3 rings (SSSR count). The molecule has 4 nitrogen and oxygen atoms in total. The third-order valence-electron chi connectivity index (χ3n) is 5.59. The van der Waals surface area contributed by atoms with Crippen LogP contribution in [-0.2, 0) is 6.42 Å². The number of rotatable bonds is 7. The first-order valence-corrected chi connectivity index (χ1v) is 12.0. The Labute approximate surface area is 194 Å². The van der Waals surface area contributed by atoms with E-state index in [1.807, 2.05) is 6.92 Å². The van der Waals surface area contributed by atoms with E-state index >= 15 is 0 Å². The zero-order valence-electron chi connectivity index (χ0n) is 20.4. The van der Waals surface area contributed by atoms with Gasteiger partial charge >= 0.3 is 0 Å². The molecule has 0 amide bonds. The van der Waals surface area contributed by atoms with Crippen LogP contribution in [0.25, 0.3) is 0 Å². The van der Waals surface area contributed by atoms with Crippen LogP contribution < -0.4 is 16.4 Å². The largest absolute Gasteiger partial charge is 0.372 e. The Hall–Kier alpha value is -1.88. The number of anilines is 1. The summed E-state index contributed by atoms with van der Waals surface area (Å²) in [7, 11) is 2.22. The second-order valence-corrected chi connectivity index (χ2v) is 8.41. The van der Waals surface area contributed by atoms with Gasteiger partial charge in [0.15, 0.2) is 0 Å². The summed E-state index contributed by atoms with van der Waals surface area (Å²) in [6.07, 6.45) is 5.06. The Morgan fingerprint density at radius 1 is 1.00 bits per heavy atom. The molecule has 2 aromatic rings. The first kappa shape index (κ1) is 27.2. The molecular formula is C27H50N4. The highest BCUT2D eigenvalue weighted by Crippen LogP contribution is 2.20. The maximum atomic E-state index is 5.51. The van der Waals surface area contributed by atoms with Gasteiger partial charge in [0.25, 0.3) is 0 Å². The second kappa shape index (κ2) is 16.8. The first-order chi connectivity index (χ1) is 15.0. The number of hydrogen-bond acceptors (Lipinski definition) is 4. The van der Waals surface area contributed by atoms with Gasteiger partial charge in [-0.25, -0.2) is 0 Å². The standard InChI is InChI=1S/C13H19N.C12H20N2.C2H7N.2H2/c1-14-9-7-13(8-10-14)11-12-5-3-2-4-6-12;1-3-14(9-5-8-13)12-7-4-6-11(2)10-12;1-2-3;;/h2-6,13H,7-11H2,1H3;4,6-7,10H,3,5,8-9,13H2,1-2H3;2-3H2,1H3;2*1H. The molecule has 1 fully saturated rings. The molecule has 1 aliphatic heterocycles. The van der Waals surface area contributed by atoms with E-state index < -0.39 is 0 Å². The quantitative estimate of drug-likeness (QED) is 0.634. The summed E-state index contributed by atoms with van der Waals surface area (Å²) >= 11 is 0. The third-order valence-corrected chi connectivity index (χ3v) is 5.59. The Morgan fingerprint density at radius 2 is 1.65 bits per heavy atom. The average Bonchev–Trinajstić information content (AvgIpc) is 2.78. The third kappa shape index (κ3) is 11.9. The summed E-state index contributed by atoms with van der Waals surface area (Å²) in [4.78, 5) is 4.79. The monoisotopic (exact) mass is 430 g/mol. The zero-order valence-corrected chi connectivity index (χ0v) is 20.4. The molecule has 31 heavy (non-hydrogen) atoms. The lowest BCUT2D eigenvalue weighted by Gasteiger charge is -2.28. The summed E-state index contributed by atoms with van der Waals surface area (Å²) in [6.45, 7) is 12.4. The van der Waals surface area contributed by atoms with Crippen molar-refractivity contribution in [1.29, 1.82) is 0 Å². The van der Waals surface area contributed by atoms with E-state index in [9.17, 15) is 0 Å². The van der Waals surface area contributed by atoms with Crippen LogP contribution in [0.15, 0.2) is 54.6 Å². The van der Waals surface area contributed by atoms with Crippen molar-refractivity contribution in [2.45, 2.75) is 46.5 Å². The second-order valence-electron chi connectivity index (χ2n) is 8.41. The summed E-state index contributed by atoms with van der Waals surface area (Å²) in [5.41, 5.74) is 14.5. The fraction of sp³-hybridized carbons (Fsp3) is 0.556. The normalized spacial score (nSPS) is 14.1. The van der Waals surface area contributed by atoms with Gasteiger partial charge < -0.3 is 21.3 Å². The van der Waals surface area contributed by atoms with E-state index in [0.717, 1.165) is 38.5 Å². The molecule has 0 saturated carbocycles. The lowest BCUT2D eigenvalue weighted by atomic mass is 9.90. The number of nitrogens with two attached hydrogens (primary N) is 2. The van der Waals surface area contributed by atoms with Gasteiger partial charge in [0.2, 0.25) is 0 Å². The first-order valence-electron chi connectivity index (χ1n) is 12.0. The molecule has 0 aliphatic carbocycles. The van der Waals surface area contributed by atoms with Crippen molar-refractivity contribution in [3.8, 4) is 0 Å². The van der Waals surface area contributed by atoms with Crippen LogP contribution in [0.5, 0.6) is 0 Å². The number of likely N-dealkylation sites (tertiary alicyclic amines) is 1. The molecule has 0 aromatic heterocycles. The van der Waals surface area contributed by atoms with Crippen molar-refractivity contribution >= 4 is 5.69 Å². The maximum absolute atomic E-state index is 5.51. The SMILES string of the molecule is CCN.CCN(CCCN)c1cccc(C)c1.CN1CCC(Cc2ccccc2)CC1.[HH].[HH]. The van der Waals surface area contributed by atoms with Crippen LogP contribution >= 0.6 is 0 Å². The number of benzene rings is 2. The van der Waals surface area contributed by atoms with E-state index in [1.54, 1.807) is 0 Å². The van der Waals surface area contributed by atoms with Crippen molar-refractivity contribution in [3.63, 3.8) is 0 Å². The van der Waals surface area contributed by atoms with Crippen LogP contribution in [0.4, 0.5) is 5.69 Å². The molecule has 0 bridgehead atoms. The van der Waals surface area contributed by atoms with Gasteiger partial charge in [0.1, 0.15) is 0 Å². The van der Waals surface area contributed by atoms with Crippen LogP contribution in [0, 0.1) is 12.8 Å². The summed E-state index contributed by atoms with van der Waals surface area (Å²) < 4.78 is 0. The van der Waals surface area contributed by atoms with Crippen molar-refractivity contribution in [1.82, 2.24) is 4.90 Å². The molecule has 0 radical (unpaired) electrons. The van der Waals surface area contributed by atoms with Crippen LogP contribution in [0.1, 0.15) is 47.1 Å². The summed E-state index contributed by atoms with van der Waals surface area (Å²) in [5, 5.41) is 0. The molecule has 0 spiro atoms. The van der Waals surface area contributed by atoms with Gasteiger partial charge in [-0.3, -0.25) is 0 Å². The number of hydrogen-bond donors (Lipinski definition) is 2. The molecular weight excluding hydrogens is 380 g/mol. The van der Waals surface area contributed by atoms with Crippen LogP contribution in [0.3, 0.4) is 0 Å². The highest BCUT2D eigenvalue weighted by Gasteiger charge is 2.16. The van der Waals surface area contributed by atoms with Crippen molar-refractivity contribution in [2.75, 3.05) is 51.2 Å². The number of aryl methyl sites for hydroxylation is 1. The lowest BCUT2D eigenvalue weighted by Crippen LogP contribution is -2.30. The minimum atomic E-state index is 0. The smallest absolute Gasteiger partial charge is 0.0368 e. The van der Waals surface area contributed by atoms with Gasteiger partial charge in [-0.1, -0.05) is 49.4 Å². The molecule has 2 aromatic carbocycles. The van der Waals surface area contributed by atoms with E-state index in [0.29, 0.717) is 0 Å². The molecule has 1 aliphatic rings. The van der Waals surface area contributed by atoms with E-state index in [2.05, 4.69) is 85.3 Å². The Balaban J connectivity index is 0. The van der Waals surface area contributed by atoms with Crippen molar-refractivity contribution in [3.05, 3.63) is 65.7 Å². The Morgan fingerprint density at radius 3 is 2.19 bits per heavy atom. The molecule has 0 atom stereocenters. The summed E-state index contributed by atoms with van der Waals surface area (Å²) in [5.74, 6) is 0.911. The molecule has 178 valence electrons. The summed E-state index contributed by atoms with van der Waals surface area (Å²) in [6, 6.07) is 19.5. The van der Waals surface area contributed by atoms with Gasteiger partial charge in [-0.2, -0.15) is 0 Å². The fourth-order valence-electron chi connectivity index (χ4n) is 3.79. The van der Waals surface area contributed by atoms with Crippen molar-refractivity contribution < 1.29 is 2.85 Å². The number of nitrogens with zero attached hydrogens (tertiary/aromatic N) is 2. The Bertz CT molecular complexity index is 677. The molecule has 0 unspecified atom stereocenters. The molecule has 1 heterocycles. The van der Waals surface area contributed by atoms with Gasteiger partial charge in [-0.15, -0.1) is 0 Å². The van der Waals surface area contributed by atoms with Crippen molar-refractivity contribution in [2.24, 2.45) is 17.4 Å². The Kier molecular flexibility index (Phi) is 14.7. The number of piperidine rings is 1. The van der Waals surface area contributed by atoms with E-state index in [1.165, 1.54) is 49.2 Å². The van der Waals surface area contributed by atoms with Gasteiger partial charge in [-0.05, 0) is 102 Å². The molecule has 1 saturated heterocycles. The molecule has 4 N–H and O–H groups in total. The van der Waals surface area contributed by atoms with E-state index in [-0.39, 0.29) is 2.85 Å². The van der Waals surface area contributed by atoms with Crippen LogP contribution in [0.2, 0.25) is 0 Å². The topological polar surface area (TPSA) is 58.5 Å². The fourth-order valence-corrected chi connectivity index (χ4v) is 3.79. The maximum Gasteiger partial charge on any atom is 0.0368 e. The van der Waals surface area contributed by atoms with Crippen LogP contribution in [-0.4, -0.2) is 51.2 Å². The van der Waals surface area contributed by atoms with Gasteiger partial charge in [0.05, 0.1) is 0 Å². The minimum Gasteiger partial charge on any atom is -0.372 e. The minimum absolute atomic E-state index is 0. The predicted molar refractivity (Wildman–Crippen MR) is 142 cm³/mol. The average molecular weight is 431 g/mol. The predicted octanol–water partition coefficient (Wildman–Crippen LogP) is 5.20. The van der Waals surface area contributed by atoms with E-state index in [4.69, 9.17) is 11.5 Å². The highest BCUT2D eigenvalue weighted by molar-refractivity contribution is 5.48. The molecule has 4 heteroatoms. The highest BCUT2D eigenvalue weighted by atomic mass is 15.1.